The Hall–Kier alpha value is -3.39. The summed E-state index contributed by atoms with van der Waals surface area (Å²) in [5, 5.41) is 2.70. The molecule has 31 heavy (non-hydrogen) atoms. The fraction of sp³-hybridized carbons (Fsp3) is 0.174. The number of nitrogens with one attached hydrogen (secondary N) is 1. The number of halogens is 1. The van der Waals surface area contributed by atoms with Crippen LogP contribution >= 0.6 is 0 Å². The van der Waals surface area contributed by atoms with Crippen molar-refractivity contribution in [3.8, 4) is 5.75 Å². The molecule has 8 heteroatoms. The molecule has 6 nitrogen and oxygen atoms in total. The van der Waals surface area contributed by atoms with Gasteiger partial charge in [0.1, 0.15) is 11.6 Å². The number of carbonyl (C=O) groups excluding carboxylic acids is 1. The molecule has 0 fully saturated rings. The largest absolute Gasteiger partial charge is 0.496 e. The number of carbonyl (C=O) groups is 1. The van der Waals surface area contributed by atoms with Crippen molar-refractivity contribution in [2.75, 3.05) is 23.3 Å². The molecule has 0 radical (unpaired) electrons. The van der Waals surface area contributed by atoms with E-state index in [0.717, 1.165) is 5.56 Å². The zero-order chi connectivity index (χ0) is 22.2. The molecule has 3 aromatic rings. The van der Waals surface area contributed by atoms with E-state index in [1.54, 1.807) is 19.1 Å². The second kappa shape index (κ2) is 8.03. The summed E-state index contributed by atoms with van der Waals surface area (Å²) >= 11 is 0. The first-order chi connectivity index (χ1) is 14.8. The predicted octanol–water partition coefficient (Wildman–Crippen LogP) is 4.15. The third-order valence-electron chi connectivity index (χ3n) is 5.28. The Bertz CT molecular complexity index is 1270. The zero-order valence-corrected chi connectivity index (χ0v) is 17.9. The number of aryl methyl sites for hydroxylation is 1. The topological polar surface area (TPSA) is 75.7 Å². The number of fused-ring (bicyclic) bond motifs is 1. The van der Waals surface area contributed by atoms with Gasteiger partial charge in [-0.25, -0.2) is 12.8 Å². The summed E-state index contributed by atoms with van der Waals surface area (Å²) < 4.78 is 46.7. The highest BCUT2D eigenvalue weighted by atomic mass is 32.2. The van der Waals surface area contributed by atoms with Crippen LogP contribution in [-0.4, -0.2) is 28.0 Å². The number of methoxy groups -OCH3 is 1. The van der Waals surface area contributed by atoms with Crippen LogP contribution < -0.4 is 14.4 Å². The number of ether oxygens (including phenoxy) is 1. The monoisotopic (exact) mass is 440 g/mol. The minimum absolute atomic E-state index is 0.00835. The number of hydrogen-bond donors (Lipinski definition) is 1. The lowest BCUT2D eigenvalue weighted by Gasteiger charge is -2.20. The van der Waals surface area contributed by atoms with Crippen LogP contribution in [0.5, 0.6) is 5.75 Å². The number of nitrogens with zero attached hydrogens (tertiary/aromatic N) is 1. The Morgan fingerprint density at radius 1 is 1.10 bits per heavy atom. The predicted molar refractivity (Wildman–Crippen MR) is 117 cm³/mol. The molecule has 0 unspecified atom stereocenters. The molecule has 0 spiro atoms. The highest BCUT2D eigenvalue weighted by Gasteiger charge is 2.31. The van der Waals surface area contributed by atoms with E-state index in [-0.39, 0.29) is 16.2 Å². The van der Waals surface area contributed by atoms with Crippen molar-refractivity contribution in [2.24, 2.45) is 0 Å². The van der Waals surface area contributed by atoms with E-state index in [1.165, 1.54) is 47.8 Å². The molecule has 0 aliphatic carbocycles. The van der Waals surface area contributed by atoms with E-state index >= 15 is 0 Å². The number of hydrogen-bond acceptors (Lipinski definition) is 4. The van der Waals surface area contributed by atoms with E-state index < -0.39 is 21.7 Å². The molecule has 1 aliphatic rings. The SMILES string of the molecule is COc1ccc(S(=O)(=O)N2CCc3ccccc32)cc1C(=O)Nc1ccc(F)cc1C. The highest BCUT2D eigenvalue weighted by molar-refractivity contribution is 7.92. The first-order valence-corrected chi connectivity index (χ1v) is 11.1. The minimum atomic E-state index is -3.87. The molecule has 0 atom stereocenters. The molecule has 1 aliphatic heterocycles. The van der Waals surface area contributed by atoms with E-state index in [2.05, 4.69) is 5.32 Å². The lowest BCUT2D eigenvalue weighted by Crippen LogP contribution is -2.29. The van der Waals surface area contributed by atoms with Gasteiger partial charge in [-0.2, -0.15) is 0 Å². The molecule has 3 aromatic carbocycles. The maximum absolute atomic E-state index is 13.4. The van der Waals surface area contributed by atoms with Gasteiger partial charge in [0.05, 0.1) is 23.3 Å². The van der Waals surface area contributed by atoms with Crippen molar-refractivity contribution in [3.05, 3.63) is 83.2 Å². The van der Waals surface area contributed by atoms with Gasteiger partial charge in [-0.05, 0) is 66.9 Å². The molecule has 1 amide bonds. The van der Waals surface area contributed by atoms with Crippen LogP contribution in [0.25, 0.3) is 0 Å². The molecule has 1 heterocycles. The molecular formula is C23H21FN2O4S. The van der Waals surface area contributed by atoms with Gasteiger partial charge in [0, 0.05) is 12.2 Å². The third-order valence-corrected chi connectivity index (χ3v) is 7.09. The first kappa shape index (κ1) is 20.9. The summed E-state index contributed by atoms with van der Waals surface area (Å²) in [4.78, 5) is 12.9. The van der Waals surface area contributed by atoms with Crippen molar-refractivity contribution in [1.29, 1.82) is 0 Å². The van der Waals surface area contributed by atoms with Gasteiger partial charge in [-0.15, -0.1) is 0 Å². The summed E-state index contributed by atoms with van der Waals surface area (Å²) in [6.45, 7) is 2.01. The van der Waals surface area contributed by atoms with Crippen LogP contribution in [0.15, 0.2) is 65.6 Å². The van der Waals surface area contributed by atoms with Gasteiger partial charge in [0.15, 0.2) is 0 Å². The van der Waals surface area contributed by atoms with Gasteiger partial charge in [0.2, 0.25) is 0 Å². The summed E-state index contributed by atoms with van der Waals surface area (Å²) in [6, 6.07) is 15.5. The van der Waals surface area contributed by atoms with Crippen molar-refractivity contribution >= 4 is 27.3 Å². The van der Waals surface area contributed by atoms with Gasteiger partial charge < -0.3 is 10.1 Å². The van der Waals surface area contributed by atoms with Crippen molar-refractivity contribution in [3.63, 3.8) is 0 Å². The van der Waals surface area contributed by atoms with Crippen molar-refractivity contribution < 1.29 is 22.3 Å². The number of benzene rings is 3. The number of anilines is 2. The number of amides is 1. The highest BCUT2D eigenvalue weighted by Crippen LogP contribution is 2.34. The average Bonchev–Trinajstić information content (AvgIpc) is 3.20. The smallest absolute Gasteiger partial charge is 0.264 e. The molecule has 0 saturated carbocycles. The van der Waals surface area contributed by atoms with Crippen LogP contribution in [-0.2, 0) is 16.4 Å². The quantitative estimate of drug-likeness (QED) is 0.647. The Labute approximate surface area is 180 Å². The molecule has 4 rings (SSSR count). The molecule has 0 saturated heterocycles. The second-order valence-corrected chi connectivity index (χ2v) is 9.09. The molecule has 160 valence electrons. The van der Waals surface area contributed by atoms with Crippen LogP contribution in [0.4, 0.5) is 15.8 Å². The van der Waals surface area contributed by atoms with Crippen molar-refractivity contribution in [2.45, 2.75) is 18.2 Å². The minimum Gasteiger partial charge on any atom is -0.496 e. The van der Waals surface area contributed by atoms with Gasteiger partial charge >= 0.3 is 0 Å². The van der Waals surface area contributed by atoms with Crippen LogP contribution in [0.2, 0.25) is 0 Å². The molecular weight excluding hydrogens is 419 g/mol. The Kier molecular flexibility index (Phi) is 5.41. The second-order valence-electron chi connectivity index (χ2n) is 7.23. The number of rotatable bonds is 5. The van der Waals surface area contributed by atoms with E-state index in [4.69, 9.17) is 4.74 Å². The van der Waals surface area contributed by atoms with Crippen molar-refractivity contribution in [1.82, 2.24) is 0 Å². The third kappa shape index (κ3) is 3.86. The lowest BCUT2D eigenvalue weighted by atomic mass is 10.1. The number of para-hydroxylation sites is 1. The fourth-order valence-electron chi connectivity index (χ4n) is 3.67. The van der Waals surface area contributed by atoms with Crippen LogP contribution in [0, 0.1) is 12.7 Å². The van der Waals surface area contributed by atoms with Gasteiger partial charge in [-0.1, -0.05) is 18.2 Å². The Morgan fingerprint density at radius 3 is 2.61 bits per heavy atom. The van der Waals surface area contributed by atoms with Gasteiger partial charge in [0.25, 0.3) is 15.9 Å². The number of sulfonamides is 1. The Morgan fingerprint density at radius 2 is 1.87 bits per heavy atom. The lowest BCUT2D eigenvalue weighted by molar-refractivity contribution is 0.102. The summed E-state index contributed by atoms with van der Waals surface area (Å²) in [5.74, 6) is -0.726. The van der Waals surface area contributed by atoms with E-state index in [0.29, 0.717) is 29.9 Å². The normalized spacial score (nSPS) is 13.1. The van der Waals surface area contributed by atoms with E-state index in [9.17, 15) is 17.6 Å². The molecule has 0 bridgehead atoms. The summed E-state index contributed by atoms with van der Waals surface area (Å²) in [7, 11) is -2.47. The maximum atomic E-state index is 13.4. The molecule has 1 N–H and O–H groups in total. The average molecular weight is 440 g/mol. The first-order valence-electron chi connectivity index (χ1n) is 9.67. The molecule has 0 aromatic heterocycles. The van der Waals surface area contributed by atoms with Crippen LogP contribution in [0.3, 0.4) is 0 Å². The summed E-state index contributed by atoms with van der Waals surface area (Å²) in [5.41, 5.74) is 2.65. The van der Waals surface area contributed by atoms with Crippen LogP contribution in [0.1, 0.15) is 21.5 Å². The Balaban J connectivity index is 1.70. The standard InChI is InChI=1S/C23H21FN2O4S/c1-15-13-17(24)7-9-20(15)25-23(27)19-14-18(8-10-22(19)30-2)31(28,29)26-12-11-16-5-3-4-6-21(16)26/h3-10,13-14H,11-12H2,1-2H3,(H,25,27). The summed E-state index contributed by atoms with van der Waals surface area (Å²) in [6.07, 6.45) is 0.628. The van der Waals surface area contributed by atoms with Gasteiger partial charge in [-0.3, -0.25) is 9.10 Å². The van der Waals surface area contributed by atoms with E-state index in [1.807, 2.05) is 12.1 Å². The zero-order valence-electron chi connectivity index (χ0n) is 17.1. The fourth-order valence-corrected chi connectivity index (χ4v) is 5.20. The maximum Gasteiger partial charge on any atom is 0.264 e.